The standard InChI is InChI=1S/C20H25O5P.2Y/c1-2-6-22-20(15-4-3-5-18(12-15)23-26-21)19(24-25-20)16-8-13-7-14(10-16)11-17(19)9-13;;/h3-5,12-14,16-17H,2,6-11H2,1H3;;. The van der Waals surface area contributed by atoms with E-state index in [0.717, 1.165) is 23.8 Å². The first kappa shape index (κ1) is 23.9. The summed E-state index contributed by atoms with van der Waals surface area (Å²) in [4.78, 5) is 11.9. The van der Waals surface area contributed by atoms with Gasteiger partial charge in [-0.25, -0.2) is 9.45 Å². The third-order valence-corrected chi connectivity index (χ3v) is 7.31. The van der Waals surface area contributed by atoms with E-state index in [1.807, 2.05) is 18.2 Å². The molecule has 1 atom stereocenters. The van der Waals surface area contributed by atoms with Crippen LogP contribution in [-0.2, 0) is 90.3 Å². The van der Waals surface area contributed by atoms with Crippen LogP contribution < -0.4 is 4.52 Å². The summed E-state index contributed by atoms with van der Waals surface area (Å²) in [6.45, 7) is 2.72. The average Bonchev–Trinajstić information content (AvgIpc) is 2.61. The van der Waals surface area contributed by atoms with Gasteiger partial charge in [0.25, 0.3) is 5.79 Å². The van der Waals surface area contributed by atoms with Crippen LogP contribution in [0, 0.1) is 23.7 Å². The van der Waals surface area contributed by atoms with Crippen molar-refractivity contribution in [1.82, 2.24) is 0 Å². The first-order valence-electron chi connectivity index (χ1n) is 9.83. The Morgan fingerprint density at radius 3 is 2.29 bits per heavy atom. The topological polar surface area (TPSA) is 54.0 Å². The Balaban J connectivity index is 0.00000112. The molecular weight excluding hydrogens is 529 g/mol. The van der Waals surface area contributed by atoms with Crippen molar-refractivity contribution < 1.29 is 89.0 Å². The molecule has 28 heavy (non-hydrogen) atoms. The van der Waals surface area contributed by atoms with Crippen LogP contribution in [0.5, 0.6) is 5.75 Å². The molecule has 8 heteroatoms. The van der Waals surface area contributed by atoms with Gasteiger partial charge in [0.15, 0.2) is 5.60 Å². The molecule has 1 heterocycles. The van der Waals surface area contributed by atoms with Crippen molar-refractivity contribution in [3.8, 4) is 5.75 Å². The van der Waals surface area contributed by atoms with Crippen LogP contribution in [0.3, 0.4) is 0 Å². The zero-order valence-electron chi connectivity index (χ0n) is 16.2. The van der Waals surface area contributed by atoms with Gasteiger partial charge in [-0.3, -0.25) is 0 Å². The minimum atomic E-state index is -0.884. The molecule has 5 fully saturated rings. The van der Waals surface area contributed by atoms with Crippen LogP contribution in [0.15, 0.2) is 24.3 Å². The Bertz CT molecular complexity index is 690. The maximum Gasteiger partial charge on any atom is 0.395 e. The number of rotatable bonds is 6. The third kappa shape index (κ3) is 3.49. The molecule has 4 saturated carbocycles. The fourth-order valence-corrected chi connectivity index (χ4v) is 6.51. The summed E-state index contributed by atoms with van der Waals surface area (Å²) in [7, 11) is -0.361. The van der Waals surface area contributed by atoms with Crippen molar-refractivity contribution in [2.75, 3.05) is 6.61 Å². The second-order valence-corrected chi connectivity index (χ2v) is 8.75. The normalized spacial score (nSPS) is 39.9. The van der Waals surface area contributed by atoms with Crippen molar-refractivity contribution in [2.45, 2.75) is 56.8 Å². The molecule has 4 bridgehead atoms. The molecule has 5 nitrogen and oxygen atoms in total. The van der Waals surface area contributed by atoms with Crippen LogP contribution >= 0.6 is 8.69 Å². The van der Waals surface area contributed by atoms with Crippen LogP contribution in [0.25, 0.3) is 0 Å². The van der Waals surface area contributed by atoms with Gasteiger partial charge in [-0.15, -0.1) is 0 Å². The van der Waals surface area contributed by atoms with Crippen molar-refractivity contribution in [1.29, 1.82) is 0 Å². The SMILES string of the molecule is CCCOC1(c2cccc(OP=O)c2)OOC12C1CC3CC(C1)CC2C3.[Y].[Y]. The van der Waals surface area contributed by atoms with Crippen molar-refractivity contribution in [3.63, 3.8) is 0 Å². The molecule has 1 spiro atoms. The van der Waals surface area contributed by atoms with Crippen LogP contribution in [0.1, 0.15) is 51.0 Å². The number of hydrogen-bond acceptors (Lipinski definition) is 5. The molecule has 1 aromatic carbocycles. The molecule has 0 amide bonds. The summed E-state index contributed by atoms with van der Waals surface area (Å²) in [5, 5.41) is 0. The molecule has 1 aromatic rings. The van der Waals surface area contributed by atoms with E-state index in [-0.39, 0.29) is 74.1 Å². The van der Waals surface area contributed by atoms with Crippen LogP contribution in [-0.4, -0.2) is 12.2 Å². The average molecular weight is 554 g/mol. The first-order valence-corrected chi connectivity index (χ1v) is 10.6. The molecular formula is C20H25O5PY2. The van der Waals surface area contributed by atoms with Gasteiger partial charge in [0.1, 0.15) is 5.75 Å². The molecule has 1 aliphatic heterocycles. The first-order chi connectivity index (χ1) is 12.7. The van der Waals surface area contributed by atoms with E-state index in [2.05, 4.69) is 6.92 Å². The Morgan fingerprint density at radius 1 is 1.07 bits per heavy atom. The van der Waals surface area contributed by atoms with E-state index in [0.29, 0.717) is 24.2 Å². The Hall–Kier alpha value is 1.21. The van der Waals surface area contributed by atoms with Gasteiger partial charge in [-0.1, -0.05) is 19.1 Å². The minimum Gasteiger partial charge on any atom is -0.408 e. The second kappa shape index (κ2) is 9.37. The summed E-state index contributed by atoms with van der Waals surface area (Å²) < 4.78 is 22.5. The van der Waals surface area contributed by atoms with Gasteiger partial charge in [0.05, 0.1) is 6.61 Å². The molecule has 0 N–H and O–H groups in total. The zero-order valence-corrected chi connectivity index (χ0v) is 22.8. The van der Waals surface area contributed by atoms with Gasteiger partial charge < -0.3 is 9.26 Å². The predicted molar refractivity (Wildman–Crippen MR) is 94.5 cm³/mol. The van der Waals surface area contributed by atoms with Crippen LogP contribution in [0.2, 0.25) is 0 Å². The summed E-state index contributed by atoms with van der Waals surface area (Å²) >= 11 is 0. The Labute approximate surface area is 218 Å². The zero-order chi connectivity index (χ0) is 17.8. The number of benzene rings is 1. The molecule has 6 rings (SSSR count). The van der Waals surface area contributed by atoms with Gasteiger partial charge in [0.2, 0.25) is 0 Å². The fourth-order valence-electron chi connectivity index (χ4n) is 6.31. The Morgan fingerprint density at radius 2 is 1.75 bits per heavy atom. The number of hydrogen-bond donors (Lipinski definition) is 0. The van der Waals surface area contributed by atoms with E-state index >= 15 is 0 Å². The summed E-state index contributed by atoms with van der Waals surface area (Å²) in [6, 6.07) is 7.60. The molecule has 4 aliphatic carbocycles. The summed E-state index contributed by atoms with van der Waals surface area (Å²) in [5.74, 6) is 2.30. The fraction of sp³-hybridized carbons (Fsp3) is 0.700. The number of ether oxygens (including phenoxy) is 1. The van der Waals surface area contributed by atoms with Gasteiger partial charge in [0, 0.05) is 71.0 Å². The monoisotopic (exact) mass is 554 g/mol. The molecule has 1 saturated heterocycles. The predicted octanol–water partition coefficient (Wildman–Crippen LogP) is 5.00. The van der Waals surface area contributed by atoms with E-state index in [1.165, 1.54) is 32.1 Å². The van der Waals surface area contributed by atoms with Crippen LogP contribution in [0.4, 0.5) is 0 Å². The van der Waals surface area contributed by atoms with Gasteiger partial charge in [-0.05, 0) is 74.3 Å². The van der Waals surface area contributed by atoms with Gasteiger partial charge in [-0.2, -0.15) is 4.89 Å². The van der Waals surface area contributed by atoms with Crippen molar-refractivity contribution in [2.24, 2.45) is 23.7 Å². The molecule has 2 radical (unpaired) electrons. The third-order valence-electron chi connectivity index (χ3n) is 7.03. The van der Waals surface area contributed by atoms with Crippen molar-refractivity contribution in [3.05, 3.63) is 29.8 Å². The van der Waals surface area contributed by atoms with E-state index in [1.54, 1.807) is 6.07 Å². The quantitative estimate of drug-likeness (QED) is 0.366. The Kier molecular flexibility index (Phi) is 7.99. The molecule has 0 aromatic heterocycles. The molecule has 1 unspecified atom stereocenters. The molecule has 5 aliphatic rings. The van der Waals surface area contributed by atoms with E-state index in [4.69, 9.17) is 19.0 Å². The minimum absolute atomic E-state index is 0. The van der Waals surface area contributed by atoms with Gasteiger partial charge >= 0.3 is 8.69 Å². The maximum absolute atomic E-state index is 10.9. The summed E-state index contributed by atoms with van der Waals surface area (Å²) in [5.41, 5.74) is 0.509. The van der Waals surface area contributed by atoms with Crippen molar-refractivity contribution >= 4 is 8.69 Å². The second-order valence-electron chi connectivity index (χ2n) is 8.42. The maximum atomic E-state index is 10.9. The smallest absolute Gasteiger partial charge is 0.395 e. The summed E-state index contributed by atoms with van der Waals surface area (Å²) in [6.07, 6.45) is 7.15. The van der Waals surface area contributed by atoms with E-state index < -0.39 is 11.4 Å². The van der Waals surface area contributed by atoms with E-state index in [9.17, 15) is 4.57 Å². The molecule has 146 valence electrons. The largest absolute Gasteiger partial charge is 0.408 e.